The lowest BCUT2D eigenvalue weighted by molar-refractivity contribution is -0.349. The number of hydrogen-bond acceptors (Lipinski definition) is 6. The molecule has 0 aliphatic heterocycles. The lowest BCUT2D eigenvalue weighted by Gasteiger charge is -2.30. The maximum atomic E-state index is 11.9. The van der Waals surface area contributed by atoms with Crippen LogP contribution in [-0.2, 0) is 28.5 Å². The lowest BCUT2D eigenvalue weighted by atomic mass is 10.2. The van der Waals surface area contributed by atoms with Crippen molar-refractivity contribution in [3.8, 4) is 0 Å². The van der Waals surface area contributed by atoms with Crippen LogP contribution in [0.2, 0.25) is 0 Å². The third-order valence-electron chi connectivity index (χ3n) is 1.88. The van der Waals surface area contributed by atoms with Gasteiger partial charge >= 0.3 is 11.9 Å². The van der Waals surface area contributed by atoms with Crippen LogP contribution in [0, 0.1) is 0 Å². The van der Waals surface area contributed by atoms with Gasteiger partial charge < -0.3 is 18.9 Å². The normalized spacial score (nSPS) is 11.3. The number of Topliss-reactive ketones (excluding diaryl/α,β-unsaturated/α-hetero) is 1. The Hall–Kier alpha value is -0.980. The third-order valence-corrected chi connectivity index (χ3v) is 1.88. The molecule has 6 nitrogen and oxygen atoms in total. The SMILES string of the molecule is CCOC(OCC)(OCC)C(=O)CC(=O)OC. The maximum absolute atomic E-state index is 11.9. The van der Waals surface area contributed by atoms with Gasteiger partial charge in [-0.2, -0.15) is 0 Å². The minimum absolute atomic E-state index is 0.229. The third kappa shape index (κ3) is 4.80. The number of esters is 1. The smallest absolute Gasteiger partial charge is 0.347 e. The molecule has 0 aliphatic rings. The van der Waals surface area contributed by atoms with Crippen LogP contribution in [-0.4, -0.2) is 44.7 Å². The highest BCUT2D eigenvalue weighted by molar-refractivity contribution is 5.98. The van der Waals surface area contributed by atoms with Crippen LogP contribution in [0.25, 0.3) is 0 Å². The van der Waals surface area contributed by atoms with Crippen molar-refractivity contribution in [2.24, 2.45) is 0 Å². The van der Waals surface area contributed by atoms with Crippen LogP contribution >= 0.6 is 0 Å². The van der Waals surface area contributed by atoms with Crippen molar-refractivity contribution >= 4 is 11.8 Å². The molecule has 0 aromatic carbocycles. The molecule has 0 radical (unpaired) electrons. The van der Waals surface area contributed by atoms with Gasteiger partial charge in [-0.3, -0.25) is 9.59 Å². The Morgan fingerprint density at radius 3 is 1.65 bits per heavy atom. The molecule has 0 aromatic heterocycles. The summed E-state index contributed by atoms with van der Waals surface area (Å²) in [5.74, 6) is -3.06. The van der Waals surface area contributed by atoms with E-state index < -0.39 is 24.1 Å². The second-order valence-electron chi connectivity index (χ2n) is 3.03. The Morgan fingerprint density at radius 2 is 1.35 bits per heavy atom. The molecule has 100 valence electrons. The molecular weight excluding hydrogens is 228 g/mol. The number of methoxy groups -OCH3 is 1. The fourth-order valence-corrected chi connectivity index (χ4v) is 1.25. The quantitative estimate of drug-likeness (QED) is 0.343. The number of ether oxygens (including phenoxy) is 4. The summed E-state index contributed by atoms with van der Waals surface area (Å²) in [5.41, 5.74) is 0. The summed E-state index contributed by atoms with van der Waals surface area (Å²) in [5, 5.41) is 0. The zero-order valence-corrected chi connectivity index (χ0v) is 10.8. The van der Waals surface area contributed by atoms with E-state index in [-0.39, 0.29) is 19.8 Å². The molecule has 0 bridgehead atoms. The summed E-state index contributed by atoms with van der Waals surface area (Å²) in [6, 6.07) is 0. The Balaban J connectivity index is 4.83. The topological polar surface area (TPSA) is 71.1 Å². The molecule has 0 heterocycles. The average Bonchev–Trinajstić information content (AvgIpc) is 2.29. The van der Waals surface area contributed by atoms with Crippen LogP contribution in [0.5, 0.6) is 0 Å². The van der Waals surface area contributed by atoms with Crippen molar-refractivity contribution in [1.82, 2.24) is 0 Å². The van der Waals surface area contributed by atoms with Crippen LogP contribution in [0.1, 0.15) is 27.2 Å². The van der Waals surface area contributed by atoms with E-state index >= 15 is 0 Å². The van der Waals surface area contributed by atoms with Gasteiger partial charge in [-0.25, -0.2) is 0 Å². The summed E-state index contributed by atoms with van der Waals surface area (Å²) < 4.78 is 20.1. The van der Waals surface area contributed by atoms with Gasteiger partial charge in [0.25, 0.3) is 0 Å². The van der Waals surface area contributed by atoms with Gasteiger partial charge in [0.2, 0.25) is 5.78 Å². The standard InChI is InChI=1S/C11H20O6/c1-5-15-11(16-6-2,17-7-3)9(12)8-10(13)14-4/h5-8H2,1-4H3. The van der Waals surface area contributed by atoms with Gasteiger partial charge in [0.15, 0.2) is 0 Å². The van der Waals surface area contributed by atoms with E-state index in [1.807, 2.05) is 0 Å². The van der Waals surface area contributed by atoms with Crippen molar-refractivity contribution in [3.63, 3.8) is 0 Å². The van der Waals surface area contributed by atoms with Crippen molar-refractivity contribution in [2.45, 2.75) is 33.2 Å². The van der Waals surface area contributed by atoms with Gasteiger partial charge in [0.05, 0.1) is 26.9 Å². The zero-order valence-electron chi connectivity index (χ0n) is 10.8. The first-order chi connectivity index (χ1) is 8.06. The van der Waals surface area contributed by atoms with Crippen molar-refractivity contribution in [1.29, 1.82) is 0 Å². The van der Waals surface area contributed by atoms with E-state index in [1.165, 1.54) is 7.11 Å². The van der Waals surface area contributed by atoms with Crippen LogP contribution in [0.4, 0.5) is 0 Å². The molecule has 0 saturated carbocycles. The number of carbonyl (C=O) groups is 2. The average molecular weight is 248 g/mol. The van der Waals surface area contributed by atoms with Gasteiger partial charge in [0, 0.05) is 0 Å². The van der Waals surface area contributed by atoms with Gasteiger partial charge in [-0.05, 0) is 20.8 Å². The van der Waals surface area contributed by atoms with Gasteiger partial charge in [-0.1, -0.05) is 0 Å². The summed E-state index contributed by atoms with van der Waals surface area (Å²) in [4.78, 5) is 23.0. The maximum Gasteiger partial charge on any atom is 0.347 e. The fourth-order valence-electron chi connectivity index (χ4n) is 1.25. The van der Waals surface area contributed by atoms with Crippen LogP contribution in [0.3, 0.4) is 0 Å². The number of ketones is 1. The number of hydrogen-bond donors (Lipinski definition) is 0. The van der Waals surface area contributed by atoms with E-state index in [1.54, 1.807) is 20.8 Å². The molecule has 17 heavy (non-hydrogen) atoms. The van der Waals surface area contributed by atoms with E-state index in [4.69, 9.17) is 14.2 Å². The van der Waals surface area contributed by atoms with Crippen LogP contribution in [0.15, 0.2) is 0 Å². The molecule has 6 heteroatoms. The van der Waals surface area contributed by atoms with E-state index in [9.17, 15) is 9.59 Å². The Kier molecular flexibility index (Phi) is 7.69. The Labute approximate surface area is 101 Å². The summed E-state index contributed by atoms with van der Waals surface area (Å²) in [6.07, 6.45) is -0.448. The first kappa shape index (κ1) is 16.0. The van der Waals surface area contributed by atoms with Gasteiger partial charge in [-0.15, -0.1) is 0 Å². The van der Waals surface area contributed by atoms with Crippen molar-refractivity contribution < 1.29 is 28.5 Å². The molecule has 0 rings (SSSR count). The molecular formula is C11H20O6. The molecule has 0 N–H and O–H groups in total. The van der Waals surface area contributed by atoms with E-state index in [0.29, 0.717) is 0 Å². The predicted octanol–water partition coefficient (Wildman–Crippen LogP) is 0.882. The summed E-state index contributed by atoms with van der Waals surface area (Å²) in [7, 11) is 1.21. The minimum Gasteiger partial charge on any atom is -0.469 e. The second-order valence-corrected chi connectivity index (χ2v) is 3.03. The second kappa shape index (κ2) is 8.16. The monoisotopic (exact) mass is 248 g/mol. The number of carbonyl (C=O) groups excluding carboxylic acids is 2. The van der Waals surface area contributed by atoms with Gasteiger partial charge in [0.1, 0.15) is 6.42 Å². The molecule has 0 spiro atoms. The summed E-state index contributed by atoms with van der Waals surface area (Å²) >= 11 is 0. The number of rotatable bonds is 9. The van der Waals surface area contributed by atoms with Crippen molar-refractivity contribution in [3.05, 3.63) is 0 Å². The van der Waals surface area contributed by atoms with Crippen LogP contribution < -0.4 is 0 Å². The molecule has 0 atom stereocenters. The molecule has 0 aliphatic carbocycles. The molecule has 0 saturated heterocycles. The fraction of sp³-hybridized carbons (Fsp3) is 0.818. The molecule has 0 fully saturated rings. The highest BCUT2D eigenvalue weighted by Gasteiger charge is 2.42. The Morgan fingerprint density at radius 1 is 0.941 bits per heavy atom. The Bertz CT molecular complexity index is 233. The zero-order chi connectivity index (χ0) is 13.3. The highest BCUT2D eigenvalue weighted by Crippen LogP contribution is 2.19. The molecule has 0 aromatic rings. The highest BCUT2D eigenvalue weighted by atomic mass is 16.9. The lowest BCUT2D eigenvalue weighted by Crippen LogP contribution is -2.48. The van der Waals surface area contributed by atoms with Crippen molar-refractivity contribution in [2.75, 3.05) is 26.9 Å². The first-order valence-corrected chi connectivity index (χ1v) is 5.58. The molecule has 0 amide bonds. The largest absolute Gasteiger partial charge is 0.469 e. The summed E-state index contributed by atoms with van der Waals surface area (Å²) in [6.45, 7) is 5.81. The molecule has 0 unspecified atom stereocenters. The van der Waals surface area contributed by atoms with E-state index in [2.05, 4.69) is 4.74 Å². The first-order valence-electron chi connectivity index (χ1n) is 5.58. The predicted molar refractivity (Wildman–Crippen MR) is 59.2 cm³/mol. The van der Waals surface area contributed by atoms with E-state index in [0.717, 1.165) is 0 Å². The minimum atomic E-state index is -1.80.